The summed E-state index contributed by atoms with van der Waals surface area (Å²) in [6.45, 7) is 2.89. The molecular formula is C21H23N5O3. The predicted molar refractivity (Wildman–Crippen MR) is 108 cm³/mol. The number of amides is 1. The SMILES string of the molecule is N#Cc1cccnc1N1CCN(C[C@@H](CC(=O)Nc2ccccc2)C(=O)O)CC1. The van der Waals surface area contributed by atoms with Gasteiger partial charge in [0.1, 0.15) is 11.9 Å². The molecule has 1 aliphatic heterocycles. The van der Waals surface area contributed by atoms with Crippen molar-refractivity contribution >= 4 is 23.4 Å². The first-order valence-electron chi connectivity index (χ1n) is 9.47. The van der Waals surface area contributed by atoms with Gasteiger partial charge in [-0.05, 0) is 24.3 Å². The number of hydrogen-bond donors (Lipinski definition) is 2. The van der Waals surface area contributed by atoms with Crippen molar-refractivity contribution in [3.05, 3.63) is 54.2 Å². The van der Waals surface area contributed by atoms with Gasteiger partial charge in [-0.25, -0.2) is 4.98 Å². The largest absolute Gasteiger partial charge is 0.481 e. The number of carbonyl (C=O) groups excluding carboxylic acids is 1. The number of hydrogen-bond acceptors (Lipinski definition) is 6. The molecule has 2 heterocycles. The number of benzene rings is 1. The zero-order valence-corrected chi connectivity index (χ0v) is 16.0. The lowest BCUT2D eigenvalue weighted by molar-refractivity contribution is -0.144. The molecule has 1 atom stereocenters. The molecule has 1 aromatic heterocycles. The Morgan fingerprint density at radius 1 is 1.14 bits per heavy atom. The summed E-state index contributed by atoms with van der Waals surface area (Å²) in [5.41, 5.74) is 1.18. The van der Waals surface area contributed by atoms with Gasteiger partial charge in [0.2, 0.25) is 5.91 Å². The molecule has 0 unspecified atom stereocenters. The van der Waals surface area contributed by atoms with Crippen LogP contribution in [0.25, 0.3) is 0 Å². The molecule has 1 aromatic carbocycles. The minimum Gasteiger partial charge on any atom is -0.481 e. The number of rotatable bonds is 7. The summed E-state index contributed by atoms with van der Waals surface area (Å²) in [6.07, 6.45) is 1.58. The standard InChI is InChI=1S/C21H23N5O3/c22-14-16-5-4-8-23-20(16)26-11-9-25(10-12-26)15-17(21(28)29)13-19(27)24-18-6-2-1-3-7-18/h1-8,17H,9-13,15H2,(H,24,27)(H,28,29)/t17-/m1/s1. The van der Waals surface area contributed by atoms with Gasteiger partial charge >= 0.3 is 5.97 Å². The van der Waals surface area contributed by atoms with Gasteiger partial charge < -0.3 is 15.3 Å². The average molecular weight is 393 g/mol. The molecule has 0 radical (unpaired) electrons. The molecule has 0 bridgehead atoms. The molecule has 8 nitrogen and oxygen atoms in total. The number of aromatic nitrogens is 1. The number of nitrogens with one attached hydrogen (secondary N) is 1. The second-order valence-corrected chi connectivity index (χ2v) is 6.93. The van der Waals surface area contributed by atoms with E-state index in [0.29, 0.717) is 49.8 Å². The van der Waals surface area contributed by atoms with E-state index in [4.69, 9.17) is 0 Å². The van der Waals surface area contributed by atoms with Crippen LogP contribution in [0.3, 0.4) is 0 Å². The van der Waals surface area contributed by atoms with E-state index in [9.17, 15) is 20.0 Å². The molecule has 0 aliphatic carbocycles. The van der Waals surface area contributed by atoms with Gasteiger partial charge in [-0.3, -0.25) is 14.5 Å². The fourth-order valence-electron chi connectivity index (χ4n) is 3.38. The Morgan fingerprint density at radius 2 is 1.86 bits per heavy atom. The molecule has 2 aromatic rings. The van der Waals surface area contributed by atoms with Crippen molar-refractivity contribution in [2.75, 3.05) is 42.9 Å². The lowest BCUT2D eigenvalue weighted by atomic mass is 10.0. The highest BCUT2D eigenvalue weighted by Crippen LogP contribution is 2.19. The van der Waals surface area contributed by atoms with Crippen molar-refractivity contribution in [3.8, 4) is 6.07 Å². The number of pyridine rings is 1. The van der Waals surface area contributed by atoms with E-state index in [-0.39, 0.29) is 12.3 Å². The monoisotopic (exact) mass is 393 g/mol. The van der Waals surface area contributed by atoms with Crippen molar-refractivity contribution in [1.82, 2.24) is 9.88 Å². The van der Waals surface area contributed by atoms with Gasteiger partial charge in [0.15, 0.2) is 0 Å². The molecule has 150 valence electrons. The van der Waals surface area contributed by atoms with Gasteiger partial charge in [0, 0.05) is 51.0 Å². The Balaban J connectivity index is 1.53. The number of piperazine rings is 1. The Kier molecular flexibility index (Phi) is 6.76. The highest BCUT2D eigenvalue weighted by atomic mass is 16.4. The smallest absolute Gasteiger partial charge is 0.308 e. The van der Waals surface area contributed by atoms with Crippen LogP contribution in [0, 0.1) is 17.2 Å². The van der Waals surface area contributed by atoms with Crippen molar-refractivity contribution in [2.24, 2.45) is 5.92 Å². The maximum Gasteiger partial charge on any atom is 0.308 e. The average Bonchev–Trinajstić information content (AvgIpc) is 2.74. The van der Waals surface area contributed by atoms with E-state index < -0.39 is 11.9 Å². The first-order valence-corrected chi connectivity index (χ1v) is 9.47. The van der Waals surface area contributed by atoms with Crippen LogP contribution < -0.4 is 10.2 Å². The van der Waals surface area contributed by atoms with Gasteiger partial charge in [0.25, 0.3) is 0 Å². The third-order valence-electron chi connectivity index (χ3n) is 4.90. The van der Waals surface area contributed by atoms with Gasteiger partial charge in [-0.2, -0.15) is 5.26 Å². The van der Waals surface area contributed by atoms with Crippen molar-refractivity contribution < 1.29 is 14.7 Å². The van der Waals surface area contributed by atoms with Crippen molar-refractivity contribution in [3.63, 3.8) is 0 Å². The van der Waals surface area contributed by atoms with Crippen molar-refractivity contribution in [2.45, 2.75) is 6.42 Å². The lowest BCUT2D eigenvalue weighted by Gasteiger charge is -2.36. The van der Waals surface area contributed by atoms with Crippen LogP contribution in [0.15, 0.2) is 48.7 Å². The fraction of sp³-hybridized carbons (Fsp3) is 0.333. The van der Waals surface area contributed by atoms with Gasteiger partial charge in [0.05, 0.1) is 11.5 Å². The van der Waals surface area contributed by atoms with E-state index in [2.05, 4.69) is 16.4 Å². The molecular weight excluding hydrogens is 370 g/mol. The number of carboxylic acids is 1. The first kappa shape index (κ1) is 20.3. The number of nitriles is 1. The summed E-state index contributed by atoms with van der Waals surface area (Å²) in [4.78, 5) is 32.3. The van der Waals surface area contributed by atoms with Crippen LogP contribution in [0.1, 0.15) is 12.0 Å². The Hall–Kier alpha value is -3.44. The van der Waals surface area contributed by atoms with Crippen LogP contribution in [-0.2, 0) is 9.59 Å². The fourth-order valence-corrected chi connectivity index (χ4v) is 3.38. The molecule has 1 saturated heterocycles. The second-order valence-electron chi connectivity index (χ2n) is 6.93. The molecule has 2 N–H and O–H groups in total. The summed E-state index contributed by atoms with van der Waals surface area (Å²) >= 11 is 0. The van der Waals surface area contributed by atoms with E-state index in [0.717, 1.165) is 0 Å². The number of carbonyl (C=O) groups is 2. The van der Waals surface area contributed by atoms with Gasteiger partial charge in [-0.15, -0.1) is 0 Å². The van der Waals surface area contributed by atoms with E-state index in [1.54, 1.807) is 30.5 Å². The Morgan fingerprint density at radius 3 is 2.52 bits per heavy atom. The lowest BCUT2D eigenvalue weighted by Crippen LogP contribution is -2.49. The van der Waals surface area contributed by atoms with Crippen LogP contribution >= 0.6 is 0 Å². The number of anilines is 2. The van der Waals surface area contributed by atoms with Crippen LogP contribution in [0.5, 0.6) is 0 Å². The van der Waals surface area contributed by atoms with E-state index >= 15 is 0 Å². The Labute approximate surface area is 169 Å². The van der Waals surface area contributed by atoms with Crippen LogP contribution in [0.4, 0.5) is 11.5 Å². The molecule has 8 heteroatoms. The highest BCUT2D eigenvalue weighted by Gasteiger charge is 2.27. The molecule has 3 rings (SSSR count). The second kappa shape index (κ2) is 9.66. The van der Waals surface area contributed by atoms with E-state index in [1.165, 1.54) is 0 Å². The summed E-state index contributed by atoms with van der Waals surface area (Å²) < 4.78 is 0. The number of nitrogens with zero attached hydrogens (tertiary/aromatic N) is 4. The quantitative estimate of drug-likeness (QED) is 0.738. The first-order chi connectivity index (χ1) is 14.1. The zero-order valence-electron chi connectivity index (χ0n) is 16.0. The molecule has 1 amide bonds. The summed E-state index contributed by atoms with van der Waals surface area (Å²) in [5, 5.41) is 21.5. The topological polar surface area (TPSA) is 110 Å². The van der Waals surface area contributed by atoms with Crippen molar-refractivity contribution in [1.29, 1.82) is 5.26 Å². The predicted octanol–water partition coefficient (Wildman–Crippen LogP) is 1.80. The van der Waals surface area contributed by atoms with E-state index in [1.807, 2.05) is 28.0 Å². The summed E-state index contributed by atoms with van der Waals surface area (Å²) in [6, 6.07) is 14.6. The normalized spacial score (nSPS) is 15.3. The number of para-hydroxylation sites is 1. The maximum atomic E-state index is 12.2. The molecule has 0 saturated carbocycles. The van der Waals surface area contributed by atoms with Crippen LogP contribution in [0.2, 0.25) is 0 Å². The van der Waals surface area contributed by atoms with Crippen LogP contribution in [-0.4, -0.2) is 59.6 Å². The number of aliphatic carboxylic acids is 1. The molecule has 1 aliphatic rings. The maximum absolute atomic E-state index is 12.2. The summed E-state index contributed by atoms with van der Waals surface area (Å²) in [5.74, 6) is -1.41. The summed E-state index contributed by atoms with van der Waals surface area (Å²) in [7, 11) is 0. The third-order valence-corrected chi connectivity index (χ3v) is 4.90. The number of carboxylic acid groups (broad SMARTS) is 1. The zero-order chi connectivity index (χ0) is 20.6. The van der Waals surface area contributed by atoms with Gasteiger partial charge in [-0.1, -0.05) is 18.2 Å². The molecule has 0 spiro atoms. The molecule has 29 heavy (non-hydrogen) atoms. The molecule has 1 fully saturated rings. The Bertz CT molecular complexity index is 889. The third kappa shape index (κ3) is 5.53. The minimum atomic E-state index is -0.980. The highest BCUT2D eigenvalue weighted by molar-refractivity contribution is 5.93. The minimum absolute atomic E-state index is 0.0801.